The van der Waals surface area contributed by atoms with Crippen molar-refractivity contribution in [1.29, 1.82) is 0 Å². The first-order valence-corrected chi connectivity index (χ1v) is 6.71. The highest BCUT2D eigenvalue weighted by Crippen LogP contribution is 2.25. The monoisotopic (exact) mass is 311 g/mol. The third-order valence-electron chi connectivity index (χ3n) is 3.11. The normalized spacial score (nSPS) is 11.2. The summed E-state index contributed by atoms with van der Waals surface area (Å²) in [5, 5.41) is 9.04. The molecule has 2 aromatic rings. The Hall–Kier alpha value is -1.14. The molecule has 2 N–H and O–H groups in total. The third kappa shape index (κ3) is 1.99. The smallest absolute Gasteiger partial charge is 0.155 e. The minimum atomic E-state index is 0.611. The molecule has 98 valence electrons. The van der Waals surface area contributed by atoms with Crippen LogP contribution in [0, 0.1) is 20.8 Å². The maximum Gasteiger partial charge on any atom is 0.155 e. The number of hydrogen-bond acceptors (Lipinski definition) is 3. The molecule has 0 aliphatic rings. The fourth-order valence-electron chi connectivity index (χ4n) is 2.22. The summed E-state index contributed by atoms with van der Waals surface area (Å²) in [5.74, 6) is 1.00. The summed E-state index contributed by atoms with van der Waals surface area (Å²) in [4.78, 5) is 0. The number of rotatable bonds is 3. The van der Waals surface area contributed by atoms with Crippen LogP contribution in [0.5, 0.6) is 0 Å². The molecule has 0 aromatic carbocycles. The van der Waals surface area contributed by atoms with E-state index in [9.17, 15) is 0 Å². The molecule has 0 radical (unpaired) electrons. The molecular formula is C12H18BrN5. The molecule has 6 heteroatoms. The summed E-state index contributed by atoms with van der Waals surface area (Å²) in [5.41, 5.74) is 9.92. The van der Waals surface area contributed by atoms with Crippen LogP contribution in [0.25, 0.3) is 5.82 Å². The minimum Gasteiger partial charge on any atom is -0.330 e. The van der Waals surface area contributed by atoms with E-state index in [0.29, 0.717) is 6.54 Å². The molecule has 2 heterocycles. The van der Waals surface area contributed by atoms with Crippen LogP contribution in [0.15, 0.2) is 4.47 Å². The van der Waals surface area contributed by atoms with E-state index in [1.165, 1.54) is 0 Å². The molecule has 2 aromatic heterocycles. The Morgan fingerprint density at radius 2 is 1.83 bits per heavy atom. The van der Waals surface area contributed by atoms with Gasteiger partial charge in [0, 0.05) is 12.6 Å². The zero-order chi connectivity index (χ0) is 13.4. The zero-order valence-electron chi connectivity index (χ0n) is 11.2. The van der Waals surface area contributed by atoms with E-state index in [4.69, 9.17) is 5.73 Å². The number of aromatic nitrogens is 4. The van der Waals surface area contributed by atoms with Gasteiger partial charge in [0.2, 0.25) is 0 Å². The van der Waals surface area contributed by atoms with Crippen molar-refractivity contribution < 1.29 is 0 Å². The molecule has 0 aliphatic heterocycles. The third-order valence-corrected chi connectivity index (χ3v) is 4.26. The molecule has 0 amide bonds. The lowest BCUT2D eigenvalue weighted by molar-refractivity contribution is 0.679. The summed E-state index contributed by atoms with van der Waals surface area (Å²) in [6, 6.07) is 0. The van der Waals surface area contributed by atoms with Crippen molar-refractivity contribution >= 4 is 15.9 Å². The molecule has 18 heavy (non-hydrogen) atoms. The van der Waals surface area contributed by atoms with Crippen LogP contribution in [-0.2, 0) is 13.5 Å². The van der Waals surface area contributed by atoms with Gasteiger partial charge in [0.05, 0.1) is 21.6 Å². The van der Waals surface area contributed by atoms with Gasteiger partial charge in [0.1, 0.15) is 0 Å². The lowest BCUT2D eigenvalue weighted by atomic mass is 10.2. The summed E-state index contributed by atoms with van der Waals surface area (Å²) < 4.78 is 4.84. The molecule has 0 saturated carbocycles. The van der Waals surface area contributed by atoms with Gasteiger partial charge in [-0.05, 0) is 49.7 Å². The predicted molar refractivity (Wildman–Crippen MR) is 75.0 cm³/mol. The van der Waals surface area contributed by atoms with Gasteiger partial charge < -0.3 is 5.73 Å². The van der Waals surface area contributed by atoms with Crippen LogP contribution in [0.4, 0.5) is 0 Å². The van der Waals surface area contributed by atoms with Crippen LogP contribution in [0.1, 0.15) is 22.6 Å². The van der Waals surface area contributed by atoms with E-state index in [-0.39, 0.29) is 0 Å². The number of hydrogen-bond donors (Lipinski definition) is 1. The first-order chi connectivity index (χ1) is 8.47. The van der Waals surface area contributed by atoms with Crippen LogP contribution < -0.4 is 5.73 Å². The maximum atomic E-state index is 5.68. The van der Waals surface area contributed by atoms with E-state index >= 15 is 0 Å². The molecule has 0 saturated heterocycles. The quantitative estimate of drug-likeness (QED) is 0.940. The zero-order valence-corrected chi connectivity index (χ0v) is 12.7. The van der Waals surface area contributed by atoms with E-state index < -0.39 is 0 Å². The number of nitrogens with two attached hydrogens (primary N) is 1. The highest BCUT2D eigenvalue weighted by Gasteiger charge is 2.19. The summed E-state index contributed by atoms with van der Waals surface area (Å²) >= 11 is 3.55. The van der Waals surface area contributed by atoms with Crippen LogP contribution in [-0.4, -0.2) is 26.1 Å². The van der Waals surface area contributed by atoms with Gasteiger partial charge in [0.25, 0.3) is 0 Å². The van der Waals surface area contributed by atoms with Gasteiger partial charge in [-0.25, -0.2) is 4.68 Å². The topological polar surface area (TPSA) is 61.7 Å². The van der Waals surface area contributed by atoms with Crippen molar-refractivity contribution in [3.8, 4) is 5.82 Å². The molecule has 0 bridgehead atoms. The van der Waals surface area contributed by atoms with Gasteiger partial charge in [-0.3, -0.25) is 4.68 Å². The van der Waals surface area contributed by atoms with Gasteiger partial charge in [0.15, 0.2) is 5.82 Å². The Morgan fingerprint density at radius 1 is 1.17 bits per heavy atom. The van der Waals surface area contributed by atoms with Gasteiger partial charge in [-0.2, -0.15) is 10.2 Å². The van der Waals surface area contributed by atoms with E-state index in [2.05, 4.69) is 26.1 Å². The molecular weight excluding hydrogens is 294 g/mol. The Morgan fingerprint density at radius 3 is 2.33 bits per heavy atom. The van der Waals surface area contributed by atoms with Crippen LogP contribution >= 0.6 is 15.9 Å². The number of aryl methyl sites for hydroxylation is 3. The molecule has 2 rings (SSSR count). The molecule has 0 aliphatic carbocycles. The van der Waals surface area contributed by atoms with E-state index in [1.807, 2.05) is 37.2 Å². The van der Waals surface area contributed by atoms with Gasteiger partial charge in [-0.15, -0.1) is 0 Å². The predicted octanol–water partition coefficient (Wildman–Crippen LogP) is 1.79. The minimum absolute atomic E-state index is 0.611. The number of halogens is 1. The Kier molecular flexibility index (Phi) is 3.59. The van der Waals surface area contributed by atoms with E-state index in [1.54, 1.807) is 0 Å². The fraction of sp³-hybridized carbons (Fsp3) is 0.500. The van der Waals surface area contributed by atoms with Crippen molar-refractivity contribution in [2.75, 3.05) is 6.54 Å². The average molecular weight is 312 g/mol. The van der Waals surface area contributed by atoms with Crippen molar-refractivity contribution in [2.24, 2.45) is 12.8 Å². The SMILES string of the molecule is Cc1nn(-c2c(CCN)c(C)nn2C)c(C)c1Br. The summed E-state index contributed by atoms with van der Waals surface area (Å²) in [7, 11) is 1.94. The second-order valence-electron chi connectivity index (χ2n) is 4.45. The summed E-state index contributed by atoms with van der Waals surface area (Å²) in [6.07, 6.45) is 0.810. The largest absolute Gasteiger partial charge is 0.330 e. The second-order valence-corrected chi connectivity index (χ2v) is 5.24. The van der Waals surface area contributed by atoms with E-state index in [0.717, 1.165) is 39.4 Å². The standard InChI is InChI=1S/C12H18BrN5/c1-7-10(5-6-14)12(17(4)15-7)18-9(3)11(13)8(2)16-18/h5-6,14H2,1-4H3. The van der Waals surface area contributed by atoms with Crippen molar-refractivity contribution in [3.05, 3.63) is 27.1 Å². The first kappa shape index (κ1) is 13.3. The summed E-state index contributed by atoms with van der Waals surface area (Å²) in [6.45, 7) is 6.65. The second kappa shape index (κ2) is 4.85. The van der Waals surface area contributed by atoms with Crippen molar-refractivity contribution in [2.45, 2.75) is 27.2 Å². The first-order valence-electron chi connectivity index (χ1n) is 5.92. The highest BCUT2D eigenvalue weighted by atomic mass is 79.9. The van der Waals surface area contributed by atoms with Crippen molar-refractivity contribution in [3.63, 3.8) is 0 Å². The molecule has 0 unspecified atom stereocenters. The lowest BCUT2D eigenvalue weighted by Crippen LogP contribution is -2.11. The molecule has 0 spiro atoms. The fourth-order valence-corrected chi connectivity index (χ4v) is 2.47. The van der Waals surface area contributed by atoms with Crippen LogP contribution in [0.3, 0.4) is 0 Å². The Labute approximate surface area is 115 Å². The Balaban J connectivity index is 2.66. The van der Waals surface area contributed by atoms with Crippen molar-refractivity contribution in [1.82, 2.24) is 19.6 Å². The highest BCUT2D eigenvalue weighted by molar-refractivity contribution is 9.10. The maximum absolute atomic E-state index is 5.68. The molecule has 5 nitrogen and oxygen atoms in total. The molecule has 0 atom stereocenters. The molecule has 0 fully saturated rings. The average Bonchev–Trinajstić information content (AvgIpc) is 2.72. The lowest BCUT2D eigenvalue weighted by Gasteiger charge is -2.08. The Bertz CT molecular complexity index is 582. The van der Waals surface area contributed by atoms with Gasteiger partial charge in [-0.1, -0.05) is 0 Å². The van der Waals surface area contributed by atoms with Gasteiger partial charge >= 0.3 is 0 Å². The van der Waals surface area contributed by atoms with Crippen LogP contribution in [0.2, 0.25) is 0 Å². The number of nitrogens with zero attached hydrogens (tertiary/aromatic N) is 4.